The van der Waals surface area contributed by atoms with Crippen molar-refractivity contribution in [2.24, 2.45) is 0 Å². The van der Waals surface area contributed by atoms with E-state index in [-0.39, 0.29) is 17.8 Å². The van der Waals surface area contributed by atoms with Crippen LogP contribution >= 0.6 is 0 Å². The maximum absolute atomic E-state index is 13.0. The van der Waals surface area contributed by atoms with E-state index in [2.05, 4.69) is 5.32 Å². The van der Waals surface area contributed by atoms with Crippen molar-refractivity contribution in [1.82, 2.24) is 10.2 Å². The Labute approximate surface area is 114 Å². The number of imide groups is 1. The Balaban J connectivity index is 2.34. The molecule has 106 valence electrons. The van der Waals surface area contributed by atoms with Crippen LogP contribution in [0.15, 0.2) is 18.2 Å². The second-order valence-corrected chi connectivity index (χ2v) is 4.50. The lowest BCUT2D eigenvalue weighted by Crippen LogP contribution is -2.59. The minimum atomic E-state index is -0.732. The summed E-state index contributed by atoms with van der Waals surface area (Å²) in [6.45, 7) is 1.51. The molecule has 3 amide bonds. The molecule has 0 radical (unpaired) electrons. The van der Waals surface area contributed by atoms with E-state index in [0.717, 1.165) is 17.0 Å². The monoisotopic (exact) mass is 279 g/mol. The lowest BCUT2D eigenvalue weighted by Gasteiger charge is -2.33. The van der Waals surface area contributed by atoms with Gasteiger partial charge < -0.3 is 10.6 Å². The van der Waals surface area contributed by atoms with Crippen LogP contribution in [0.4, 0.5) is 10.1 Å². The highest BCUT2D eigenvalue weighted by Crippen LogP contribution is 2.19. The van der Waals surface area contributed by atoms with Gasteiger partial charge in [-0.1, -0.05) is 6.92 Å². The van der Waals surface area contributed by atoms with Gasteiger partial charge in [-0.2, -0.15) is 0 Å². The summed E-state index contributed by atoms with van der Waals surface area (Å²) in [6.07, 6.45) is 0.367. The van der Waals surface area contributed by atoms with Crippen LogP contribution in [0.25, 0.3) is 0 Å². The second kappa shape index (κ2) is 5.28. The molecule has 6 nitrogen and oxygen atoms in total. The summed E-state index contributed by atoms with van der Waals surface area (Å²) in [5.41, 5.74) is 5.66. The van der Waals surface area contributed by atoms with Crippen molar-refractivity contribution in [3.05, 3.63) is 29.6 Å². The molecule has 3 N–H and O–H groups in total. The number of nitrogens with zero attached hydrogens (tertiary/aromatic N) is 1. The first-order valence-corrected chi connectivity index (χ1v) is 6.13. The van der Waals surface area contributed by atoms with Crippen LogP contribution in [0.3, 0.4) is 0 Å². The summed E-state index contributed by atoms with van der Waals surface area (Å²) in [4.78, 5) is 36.6. The molecule has 0 spiro atoms. The molecule has 1 aliphatic heterocycles. The molecule has 1 atom stereocenters. The quantitative estimate of drug-likeness (QED) is 0.601. The summed E-state index contributed by atoms with van der Waals surface area (Å²) in [5.74, 6) is -2.18. The van der Waals surface area contributed by atoms with E-state index in [1.165, 1.54) is 6.07 Å². The molecule has 1 aromatic rings. The van der Waals surface area contributed by atoms with Gasteiger partial charge >= 0.3 is 0 Å². The van der Waals surface area contributed by atoms with E-state index in [0.29, 0.717) is 6.42 Å². The number of hydrogen-bond acceptors (Lipinski definition) is 4. The van der Waals surface area contributed by atoms with E-state index in [1.807, 2.05) is 0 Å². The highest BCUT2D eigenvalue weighted by molar-refractivity contribution is 6.08. The number of nitrogens with one attached hydrogen (secondary N) is 1. The summed E-state index contributed by atoms with van der Waals surface area (Å²) in [5, 5.41) is 2.18. The minimum absolute atomic E-state index is 0.0247. The largest absolute Gasteiger partial charge is 0.398 e. The normalized spacial score (nSPS) is 18.9. The SMILES string of the molecule is CCC1C(=O)NC(=O)CN1C(=O)c1ccc(F)cc1N. The molecule has 1 fully saturated rings. The Morgan fingerprint density at radius 1 is 1.50 bits per heavy atom. The van der Waals surface area contributed by atoms with Gasteiger partial charge in [0.1, 0.15) is 18.4 Å². The number of nitrogen functional groups attached to an aromatic ring is 1. The first-order chi connectivity index (χ1) is 9.43. The molecule has 1 aliphatic rings. The van der Waals surface area contributed by atoms with Gasteiger partial charge in [0.2, 0.25) is 11.8 Å². The number of nitrogens with two attached hydrogens (primary N) is 1. The first kappa shape index (κ1) is 14.0. The first-order valence-electron chi connectivity index (χ1n) is 6.13. The molecule has 0 saturated carbocycles. The average molecular weight is 279 g/mol. The van der Waals surface area contributed by atoms with Gasteiger partial charge in [0.25, 0.3) is 5.91 Å². The molecule has 7 heteroatoms. The van der Waals surface area contributed by atoms with Crippen LogP contribution < -0.4 is 11.1 Å². The Kier molecular flexibility index (Phi) is 3.69. The summed E-state index contributed by atoms with van der Waals surface area (Å²) >= 11 is 0. The number of piperazine rings is 1. The third kappa shape index (κ3) is 2.47. The van der Waals surface area contributed by atoms with Crippen molar-refractivity contribution in [3.63, 3.8) is 0 Å². The zero-order valence-electron chi connectivity index (χ0n) is 10.9. The maximum atomic E-state index is 13.0. The molecule has 1 saturated heterocycles. The lowest BCUT2D eigenvalue weighted by molar-refractivity contribution is -0.138. The van der Waals surface area contributed by atoms with Crippen LogP contribution in [0.2, 0.25) is 0 Å². The molecule has 0 aliphatic carbocycles. The maximum Gasteiger partial charge on any atom is 0.257 e. The Hall–Kier alpha value is -2.44. The van der Waals surface area contributed by atoms with Gasteiger partial charge in [0, 0.05) is 5.69 Å². The van der Waals surface area contributed by atoms with E-state index >= 15 is 0 Å². The Morgan fingerprint density at radius 3 is 2.80 bits per heavy atom. The number of carbonyl (C=O) groups is 3. The van der Waals surface area contributed by atoms with Crippen LogP contribution in [0.5, 0.6) is 0 Å². The molecule has 20 heavy (non-hydrogen) atoms. The van der Waals surface area contributed by atoms with Crippen molar-refractivity contribution in [1.29, 1.82) is 0 Å². The number of carbonyl (C=O) groups excluding carboxylic acids is 3. The molecular formula is C13H14FN3O3. The summed E-state index contributed by atoms with van der Waals surface area (Å²) in [7, 11) is 0. The Morgan fingerprint density at radius 2 is 2.20 bits per heavy atom. The third-order valence-electron chi connectivity index (χ3n) is 3.15. The standard InChI is InChI=1S/C13H14FN3O3/c1-2-10-12(19)16-11(18)6-17(10)13(20)8-4-3-7(14)5-9(8)15/h3-5,10H,2,6,15H2,1H3,(H,16,18,19). The van der Waals surface area contributed by atoms with Gasteiger partial charge in [-0.25, -0.2) is 4.39 Å². The summed E-state index contributed by atoms with van der Waals surface area (Å²) < 4.78 is 13.0. The van der Waals surface area contributed by atoms with Crippen molar-refractivity contribution in [2.75, 3.05) is 12.3 Å². The van der Waals surface area contributed by atoms with E-state index in [4.69, 9.17) is 5.73 Å². The van der Waals surface area contributed by atoms with Gasteiger partial charge in [-0.05, 0) is 24.6 Å². The molecule has 0 aromatic heterocycles. The highest BCUT2D eigenvalue weighted by atomic mass is 19.1. The number of hydrogen-bond donors (Lipinski definition) is 2. The average Bonchev–Trinajstić information content (AvgIpc) is 2.37. The zero-order chi connectivity index (χ0) is 14.9. The smallest absolute Gasteiger partial charge is 0.257 e. The lowest BCUT2D eigenvalue weighted by atomic mass is 10.1. The summed E-state index contributed by atoms with van der Waals surface area (Å²) in [6, 6.07) is 2.65. The van der Waals surface area contributed by atoms with Crippen molar-refractivity contribution >= 4 is 23.4 Å². The number of rotatable bonds is 2. The third-order valence-corrected chi connectivity index (χ3v) is 3.15. The van der Waals surface area contributed by atoms with Crippen LogP contribution in [-0.4, -0.2) is 35.2 Å². The topological polar surface area (TPSA) is 92.5 Å². The fourth-order valence-corrected chi connectivity index (χ4v) is 2.17. The van der Waals surface area contributed by atoms with Gasteiger partial charge in [0.05, 0.1) is 5.56 Å². The van der Waals surface area contributed by atoms with Gasteiger partial charge in [-0.3, -0.25) is 19.7 Å². The molecule has 1 unspecified atom stereocenters. The van der Waals surface area contributed by atoms with Crippen molar-refractivity contribution < 1.29 is 18.8 Å². The highest BCUT2D eigenvalue weighted by Gasteiger charge is 2.36. The number of halogens is 1. The Bertz CT molecular complexity index is 588. The number of benzene rings is 1. The second-order valence-electron chi connectivity index (χ2n) is 4.50. The van der Waals surface area contributed by atoms with Crippen LogP contribution in [0.1, 0.15) is 23.7 Å². The predicted octanol–water partition coefficient (Wildman–Crippen LogP) is 0.285. The molecule has 1 heterocycles. The molecule has 2 rings (SSSR count). The molecular weight excluding hydrogens is 265 g/mol. The van der Waals surface area contributed by atoms with Crippen LogP contribution in [0, 0.1) is 5.82 Å². The predicted molar refractivity (Wildman–Crippen MR) is 69.1 cm³/mol. The van der Waals surface area contributed by atoms with E-state index < -0.39 is 29.6 Å². The van der Waals surface area contributed by atoms with Gasteiger partial charge in [0.15, 0.2) is 0 Å². The molecule has 1 aromatic carbocycles. The fourth-order valence-electron chi connectivity index (χ4n) is 2.17. The molecule has 0 bridgehead atoms. The fraction of sp³-hybridized carbons (Fsp3) is 0.308. The zero-order valence-corrected chi connectivity index (χ0v) is 10.9. The van der Waals surface area contributed by atoms with Crippen LogP contribution in [-0.2, 0) is 9.59 Å². The van der Waals surface area contributed by atoms with Crippen molar-refractivity contribution in [3.8, 4) is 0 Å². The van der Waals surface area contributed by atoms with E-state index in [1.54, 1.807) is 6.92 Å². The van der Waals surface area contributed by atoms with Gasteiger partial charge in [-0.15, -0.1) is 0 Å². The minimum Gasteiger partial charge on any atom is -0.398 e. The van der Waals surface area contributed by atoms with E-state index in [9.17, 15) is 18.8 Å². The number of anilines is 1. The van der Waals surface area contributed by atoms with Crippen molar-refractivity contribution in [2.45, 2.75) is 19.4 Å². The number of amides is 3.